The van der Waals surface area contributed by atoms with E-state index < -0.39 is 0 Å². The van der Waals surface area contributed by atoms with Crippen LogP contribution in [0.3, 0.4) is 0 Å². The molecule has 4 nitrogen and oxygen atoms in total. The van der Waals surface area contributed by atoms with Gasteiger partial charge in [-0.3, -0.25) is 4.79 Å². The molecule has 1 heterocycles. The molecule has 110 valence electrons. The van der Waals surface area contributed by atoms with Crippen LogP contribution in [-0.4, -0.2) is 21.6 Å². The predicted molar refractivity (Wildman–Crippen MR) is 85.5 cm³/mol. The molecule has 0 saturated carbocycles. The highest BCUT2D eigenvalue weighted by Gasteiger charge is 2.14. The maximum absolute atomic E-state index is 12.3. The number of thioether (sulfide) groups is 1. The second-order valence-corrected chi connectivity index (χ2v) is 5.95. The van der Waals surface area contributed by atoms with E-state index in [1.807, 2.05) is 51.1 Å². The molecule has 1 aromatic carbocycles. The molecule has 1 unspecified atom stereocenters. The summed E-state index contributed by atoms with van der Waals surface area (Å²) < 4.78 is 0. The summed E-state index contributed by atoms with van der Waals surface area (Å²) in [7, 11) is 0. The van der Waals surface area contributed by atoms with Crippen molar-refractivity contribution in [1.82, 2.24) is 15.3 Å². The first-order valence-corrected chi connectivity index (χ1v) is 7.93. The molecule has 21 heavy (non-hydrogen) atoms. The summed E-state index contributed by atoms with van der Waals surface area (Å²) in [6, 6.07) is 11.5. The fraction of sp³-hybridized carbons (Fsp3) is 0.312. The van der Waals surface area contributed by atoms with Crippen molar-refractivity contribution in [3.63, 3.8) is 0 Å². The molecule has 0 fully saturated rings. The van der Waals surface area contributed by atoms with Gasteiger partial charge in [0, 0.05) is 5.69 Å². The Kier molecular flexibility index (Phi) is 5.33. The van der Waals surface area contributed by atoms with Crippen LogP contribution < -0.4 is 5.32 Å². The van der Waals surface area contributed by atoms with Gasteiger partial charge in [0.15, 0.2) is 5.16 Å². The predicted octanol–water partition coefficient (Wildman–Crippen LogP) is 3.39. The highest BCUT2D eigenvalue weighted by atomic mass is 32.2. The Labute approximate surface area is 129 Å². The monoisotopic (exact) mass is 301 g/mol. The molecular formula is C16H19N3OS. The molecule has 0 radical (unpaired) electrons. The first kappa shape index (κ1) is 15.5. The first-order valence-electron chi connectivity index (χ1n) is 6.94. The Bertz CT molecular complexity index is 616. The van der Waals surface area contributed by atoms with E-state index in [4.69, 9.17) is 0 Å². The zero-order chi connectivity index (χ0) is 15.2. The van der Waals surface area contributed by atoms with Crippen LogP contribution in [0.1, 0.15) is 41.6 Å². The second kappa shape index (κ2) is 7.22. The van der Waals surface area contributed by atoms with Crippen LogP contribution in [0.15, 0.2) is 41.6 Å². The number of carbonyl (C=O) groups is 1. The fourth-order valence-corrected chi connectivity index (χ4v) is 2.58. The van der Waals surface area contributed by atoms with Gasteiger partial charge in [-0.2, -0.15) is 0 Å². The lowest BCUT2D eigenvalue weighted by atomic mass is 10.1. The summed E-state index contributed by atoms with van der Waals surface area (Å²) in [6.45, 7) is 5.87. The minimum atomic E-state index is -0.171. The number of benzene rings is 1. The second-order valence-electron chi connectivity index (χ2n) is 4.72. The number of nitrogens with one attached hydrogen (secondary N) is 1. The van der Waals surface area contributed by atoms with Gasteiger partial charge in [-0.05, 0) is 31.2 Å². The standard InChI is InChI=1S/C16H19N3OS/c1-4-21-16-17-11(2)10-14(19-16)15(20)18-12(3)13-8-6-5-7-9-13/h5-10,12H,4H2,1-3H3,(H,18,20). The Morgan fingerprint density at radius 1 is 1.29 bits per heavy atom. The van der Waals surface area contributed by atoms with E-state index in [2.05, 4.69) is 15.3 Å². The van der Waals surface area contributed by atoms with Crippen LogP contribution in [0.25, 0.3) is 0 Å². The molecule has 0 bridgehead atoms. The molecule has 0 saturated heterocycles. The summed E-state index contributed by atoms with van der Waals surface area (Å²) >= 11 is 1.53. The Morgan fingerprint density at radius 2 is 2.00 bits per heavy atom. The maximum Gasteiger partial charge on any atom is 0.270 e. The van der Waals surface area contributed by atoms with Crippen molar-refractivity contribution in [1.29, 1.82) is 0 Å². The van der Waals surface area contributed by atoms with E-state index in [0.717, 1.165) is 17.0 Å². The molecule has 1 aromatic heterocycles. The van der Waals surface area contributed by atoms with Crippen molar-refractivity contribution in [2.75, 3.05) is 5.75 Å². The Morgan fingerprint density at radius 3 is 2.67 bits per heavy atom. The summed E-state index contributed by atoms with van der Waals surface area (Å²) in [4.78, 5) is 21.0. The lowest BCUT2D eigenvalue weighted by Crippen LogP contribution is -2.27. The van der Waals surface area contributed by atoms with Crippen molar-refractivity contribution in [3.05, 3.63) is 53.3 Å². The SMILES string of the molecule is CCSc1nc(C)cc(C(=O)NC(C)c2ccccc2)n1. The summed E-state index contributed by atoms with van der Waals surface area (Å²) in [5.41, 5.74) is 2.29. The van der Waals surface area contributed by atoms with E-state index in [-0.39, 0.29) is 11.9 Å². The van der Waals surface area contributed by atoms with Crippen molar-refractivity contribution in [2.45, 2.75) is 32.0 Å². The van der Waals surface area contributed by atoms with Gasteiger partial charge in [-0.15, -0.1) is 0 Å². The molecule has 2 rings (SSSR count). The van der Waals surface area contributed by atoms with Crippen LogP contribution in [0.4, 0.5) is 0 Å². The third-order valence-corrected chi connectivity index (χ3v) is 3.72. The molecule has 1 amide bonds. The number of aryl methyl sites for hydroxylation is 1. The van der Waals surface area contributed by atoms with Crippen LogP contribution in [-0.2, 0) is 0 Å². The first-order chi connectivity index (χ1) is 10.1. The minimum absolute atomic E-state index is 0.0590. The number of hydrogen-bond acceptors (Lipinski definition) is 4. The quantitative estimate of drug-likeness (QED) is 0.679. The van der Waals surface area contributed by atoms with E-state index in [1.54, 1.807) is 6.07 Å². The van der Waals surface area contributed by atoms with Crippen molar-refractivity contribution in [2.24, 2.45) is 0 Å². The van der Waals surface area contributed by atoms with Gasteiger partial charge in [0.05, 0.1) is 6.04 Å². The van der Waals surface area contributed by atoms with E-state index in [0.29, 0.717) is 10.9 Å². The van der Waals surface area contributed by atoms with E-state index in [1.165, 1.54) is 11.8 Å². The largest absolute Gasteiger partial charge is 0.344 e. The molecular weight excluding hydrogens is 282 g/mol. The number of carbonyl (C=O) groups excluding carboxylic acids is 1. The smallest absolute Gasteiger partial charge is 0.270 e. The average Bonchev–Trinajstić information content (AvgIpc) is 2.48. The average molecular weight is 301 g/mol. The van der Waals surface area contributed by atoms with Gasteiger partial charge in [0.25, 0.3) is 5.91 Å². The van der Waals surface area contributed by atoms with Crippen LogP contribution >= 0.6 is 11.8 Å². The number of nitrogens with zero attached hydrogens (tertiary/aromatic N) is 2. The normalized spacial score (nSPS) is 12.0. The summed E-state index contributed by atoms with van der Waals surface area (Å²) in [6.07, 6.45) is 0. The van der Waals surface area contributed by atoms with Gasteiger partial charge in [0.2, 0.25) is 0 Å². The summed E-state index contributed by atoms with van der Waals surface area (Å²) in [5.74, 6) is 0.708. The maximum atomic E-state index is 12.3. The lowest BCUT2D eigenvalue weighted by molar-refractivity contribution is 0.0933. The van der Waals surface area contributed by atoms with Gasteiger partial charge in [-0.25, -0.2) is 9.97 Å². The molecule has 2 aromatic rings. The third kappa shape index (κ3) is 4.29. The van der Waals surface area contributed by atoms with Gasteiger partial charge in [-0.1, -0.05) is 49.0 Å². The molecule has 1 atom stereocenters. The van der Waals surface area contributed by atoms with Crippen LogP contribution in [0.2, 0.25) is 0 Å². The minimum Gasteiger partial charge on any atom is -0.344 e. The number of aromatic nitrogens is 2. The Hall–Kier alpha value is -1.88. The zero-order valence-electron chi connectivity index (χ0n) is 12.5. The highest BCUT2D eigenvalue weighted by Crippen LogP contribution is 2.15. The van der Waals surface area contributed by atoms with Gasteiger partial charge < -0.3 is 5.32 Å². The van der Waals surface area contributed by atoms with Gasteiger partial charge >= 0.3 is 0 Å². The van der Waals surface area contributed by atoms with Crippen molar-refractivity contribution >= 4 is 17.7 Å². The lowest BCUT2D eigenvalue weighted by Gasteiger charge is -2.14. The zero-order valence-corrected chi connectivity index (χ0v) is 13.3. The van der Waals surface area contributed by atoms with Crippen LogP contribution in [0.5, 0.6) is 0 Å². The molecule has 5 heteroatoms. The Balaban J connectivity index is 2.13. The fourth-order valence-electron chi connectivity index (χ4n) is 1.95. The topological polar surface area (TPSA) is 54.9 Å². The number of rotatable bonds is 5. The van der Waals surface area contributed by atoms with E-state index >= 15 is 0 Å². The molecule has 0 aliphatic carbocycles. The summed E-state index contributed by atoms with van der Waals surface area (Å²) in [5, 5.41) is 3.62. The molecule has 1 N–H and O–H groups in total. The van der Waals surface area contributed by atoms with E-state index in [9.17, 15) is 4.79 Å². The molecule has 0 aliphatic heterocycles. The third-order valence-electron chi connectivity index (χ3n) is 2.99. The van der Waals surface area contributed by atoms with Crippen molar-refractivity contribution in [3.8, 4) is 0 Å². The van der Waals surface area contributed by atoms with Crippen LogP contribution in [0, 0.1) is 6.92 Å². The highest BCUT2D eigenvalue weighted by molar-refractivity contribution is 7.99. The number of amides is 1. The van der Waals surface area contributed by atoms with Crippen molar-refractivity contribution < 1.29 is 4.79 Å². The molecule has 0 spiro atoms. The molecule has 0 aliphatic rings. The number of hydrogen-bond donors (Lipinski definition) is 1. The van der Waals surface area contributed by atoms with Gasteiger partial charge in [0.1, 0.15) is 5.69 Å².